The largest absolute Gasteiger partial charge is 0.372 e. The van der Waals surface area contributed by atoms with Crippen molar-refractivity contribution in [2.45, 2.75) is 45.6 Å². The van der Waals surface area contributed by atoms with Crippen molar-refractivity contribution in [3.63, 3.8) is 0 Å². The second-order valence-electron chi connectivity index (χ2n) is 5.58. The third-order valence-electron chi connectivity index (χ3n) is 3.88. The van der Waals surface area contributed by atoms with Crippen molar-refractivity contribution in [2.75, 3.05) is 23.3 Å². The van der Waals surface area contributed by atoms with Crippen LogP contribution in [0.1, 0.15) is 38.2 Å². The van der Waals surface area contributed by atoms with E-state index in [4.69, 9.17) is 5.73 Å². The van der Waals surface area contributed by atoms with Crippen molar-refractivity contribution in [3.05, 3.63) is 23.8 Å². The van der Waals surface area contributed by atoms with Gasteiger partial charge in [0.1, 0.15) is 0 Å². The highest BCUT2D eigenvalue weighted by Gasteiger charge is 2.15. The van der Waals surface area contributed by atoms with Gasteiger partial charge in [0.2, 0.25) is 5.91 Å². The topological polar surface area (TPSA) is 58.4 Å². The Kier molecular flexibility index (Phi) is 5.01. The summed E-state index contributed by atoms with van der Waals surface area (Å²) in [7, 11) is 0. The molecule has 3 N–H and O–H groups in total. The molecule has 1 aliphatic heterocycles. The number of anilines is 2. The minimum atomic E-state index is -0.419. The lowest BCUT2D eigenvalue weighted by Crippen LogP contribution is -2.35. The molecular weight excluding hydrogens is 250 g/mol. The van der Waals surface area contributed by atoms with Crippen LogP contribution in [0.2, 0.25) is 0 Å². The number of amides is 1. The molecule has 1 fully saturated rings. The Labute approximate surface area is 121 Å². The van der Waals surface area contributed by atoms with E-state index in [0.717, 1.165) is 37.2 Å². The van der Waals surface area contributed by atoms with Gasteiger partial charge in [0, 0.05) is 24.5 Å². The van der Waals surface area contributed by atoms with Gasteiger partial charge in [0.25, 0.3) is 0 Å². The molecule has 4 heteroatoms. The average Bonchev–Trinajstić information content (AvgIpc) is 2.95. The molecule has 0 aromatic heterocycles. The highest BCUT2D eigenvalue weighted by Crippen LogP contribution is 2.25. The normalized spacial score (nSPS) is 16.2. The Morgan fingerprint density at radius 2 is 2.10 bits per heavy atom. The summed E-state index contributed by atoms with van der Waals surface area (Å²) < 4.78 is 0. The van der Waals surface area contributed by atoms with Crippen molar-refractivity contribution in [2.24, 2.45) is 5.73 Å². The monoisotopic (exact) mass is 275 g/mol. The molecule has 0 saturated carbocycles. The fraction of sp³-hybridized carbons (Fsp3) is 0.562. The van der Waals surface area contributed by atoms with Gasteiger partial charge < -0.3 is 16.0 Å². The van der Waals surface area contributed by atoms with Gasteiger partial charge in [-0.3, -0.25) is 4.79 Å². The number of hydrogen-bond acceptors (Lipinski definition) is 3. The summed E-state index contributed by atoms with van der Waals surface area (Å²) >= 11 is 0. The molecule has 1 saturated heterocycles. The number of nitrogens with zero attached hydrogens (tertiary/aromatic N) is 1. The second kappa shape index (κ2) is 6.75. The van der Waals surface area contributed by atoms with E-state index in [2.05, 4.69) is 22.3 Å². The van der Waals surface area contributed by atoms with Crippen molar-refractivity contribution in [1.29, 1.82) is 0 Å². The number of nitrogens with two attached hydrogens (primary N) is 1. The predicted molar refractivity (Wildman–Crippen MR) is 84.1 cm³/mol. The molecule has 0 spiro atoms. The Bertz CT molecular complexity index is 467. The number of aryl methyl sites for hydroxylation is 1. The van der Waals surface area contributed by atoms with Crippen molar-refractivity contribution in [3.8, 4) is 0 Å². The Morgan fingerprint density at radius 3 is 2.70 bits per heavy atom. The number of carbonyl (C=O) groups excluding carboxylic acids is 1. The van der Waals surface area contributed by atoms with E-state index < -0.39 is 6.04 Å². The third kappa shape index (κ3) is 3.51. The van der Waals surface area contributed by atoms with Gasteiger partial charge in [-0.1, -0.05) is 13.3 Å². The van der Waals surface area contributed by atoms with Crippen molar-refractivity contribution < 1.29 is 4.79 Å². The SMILES string of the molecule is CCCC(N)C(=O)Nc1ccc(N2CCCC2)cc1C. The Balaban J connectivity index is 2.04. The lowest BCUT2D eigenvalue weighted by Gasteiger charge is -2.20. The molecule has 0 radical (unpaired) electrons. The van der Waals surface area contributed by atoms with Gasteiger partial charge in [-0.2, -0.15) is 0 Å². The summed E-state index contributed by atoms with van der Waals surface area (Å²) in [5.41, 5.74) is 9.04. The Hall–Kier alpha value is -1.55. The number of benzene rings is 1. The quantitative estimate of drug-likeness (QED) is 0.868. The van der Waals surface area contributed by atoms with Crippen LogP contribution >= 0.6 is 0 Å². The molecule has 110 valence electrons. The van der Waals surface area contributed by atoms with E-state index >= 15 is 0 Å². The fourth-order valence-corrected chi connectivity index (χ4v) is 2.63. The van der Waals surface area contributed by atoms with Crippen LogP contribution in [0.3, 0.4) is 0 Å². The van der Waals surface area contributed by atoms with E-state index in [0.29, 0.717) is 0 Å². The van der Waals surface area contributed by atoms with Crippen LogP contribution in [0.25, 0.3) is 0 Å². The van der Waals surface area contributed by atoms with E-state index in [9.17, 15) is 4.79 Å². The van der Waals surface area contributed by atoms with E-state index in [1.807, 2.05) is 19.9 Å². The van der Waals surface area contributed by atoms with Crippen LogP contribution in [0.4, 0.5) is 11.4 Å². The molecule has 1 aliphatic rings. The van der Waals surface area contributed by atoms with Crippen LogP contribution < -0.4 is 16.0 Å². The predicted octanol–water partition coefficient (Wildman–Crippen LogP) is 2.66. The van der Waals surface area contributed by atoms with Crippen molar-refractivity contribution >= 4 is 17.3 Å². The van der Waals surface area contributed by atoms with Crippen LogP contribution in [0.5, 0.6) is 0 Å². The second-order valence-corrected chi connectivity index (χ2v) is 5.58. The molecule has 2 rings (SSSR count). The molecule has 20 heavy (non-hydrogen) atoms. The number of nitrogens with one attached hydrogen (secondary N) is 1. The molecule has 0 aliphatic carbocycles. The molecule has 1 heterocycles. The van der Waals surface area contributed by atoms with Gasteiger partial charge in [0.05, 0.1) is 6.04 Å². The fourth-order valence-electron chi connectivity index (χ4n) is 2.63. The molecule has 1 aromatic rings. The first-order valence-corrected chi connectivity index (χ1v) is 7.54. The summed E-state index contributed by atoms with van der Waals surface area (Å²) in [6.45, 7) is 6.32. The molecule has 1 unspecified atom stereocenters. The third-order valence-corrected chi connectivity index (χ3v) is 3.88. The van der Waals surface area contributed by atoms with Crippen LogP contribution in [0, 0.1) is 6.92 Å². The first-order chi connectivity index (χ1) is 9.61. The molecule has 1 aromatic carbocycles. The van der Waals surface area contributed by atoms with Gasteiger partial charge in [-0.25, -0.2) is 0 Å². The molecule has 0 bridgehead atoms. The maximum absolute atomic E-state index is 11.9. The lowest BCUT2D eigenvalue weighted by molar-refractivity contribution is -0.117. The number of rotatable bonds is 5. The van der Waals surface area contributed by atoms with E-state index in [-0.39, 0.29) is 5.91 Å². The molecule has 4 nitrogen and oxygen atoms in total. The van der Waals surface area contributed by atoms with Crippen LogP contribution in [-0.4, -0.2) is 25.0 Å². The molecular formula is C16H25N3O. The zero-order valence-electron chi connectivity index (χ0n) is 12.5. The highest BCUT2D eigenvalue weighted by atomic mass is 16.2. The Morgan fingerprint density at radius 1 is 1.40 bits per heavy atom. The van der Waals surface area contributed by atoms with Gasteiger partial charge in [0.15, 0.2) is 0 Å². The van der Waals surface area contributed by atoms with Crippen LogP contribution in [-0.2, 0) is 4.79 Å². The summed E-state index contributed by atoms with van der Waals surface area (Å²) in [5, 5.41) is 2.93. The van der Waals surface area contributed by atoms with Crippen molar-refractivity contribution in [1.82, 2.24) is 0 Å². The minimum absolute atomic E-state index is 0.0936. The van der Waals surface area contributed by atoms with Crippen LogP contribution in [0.15, 0.2) is 18.2 Å². The standard InChI is InChI=1S/C16H25N3O/c1-3-6-14(17)16(20)18-15-8-7-13(11-12(15)2)19-9-4-5-10-19/h7-8,11,14H,3-6,9-10,17H2,1-2H3,(H,18,20). The minimum Gasteiger partial charge on any atom is -0.372 e. The summed E-state index contributed by atoms with van der Waals surface area (Å²) in [5.74, 6) is -0.0936. The summed E-state index contributed by atoms with van der Waals surface area (Å²) in [4.78, 5) is 14.3. The number of hydrogen-bond donors (Lipinski definition) is 2. The van der Waals surface area contributed by atoms with Gasteiger partial charge in [-0.15, -0.1) is 0 Å². The van der Waals surface area contributed by atoms with E-state index in [1.165, 1.54) is 18.5 Å². The van der Waals surface area contributed by atoms with Gasteiger partial charge in [-0.05, 0) is 49.9 Å². The maximum Gasteiger partial charge on any atom is 0.241 e. The number of carbonyl (C=O) groups is 1. The summed E-state index contributed by atoms with van der Waals surface area (Å²) in [6, 6.07) is 5.79. The average molecular weight is 275 g/mol. The highest BCUT2D eigenvalue weighted by molar-refractivity contribution is 5.95. The zero-order chi connectivity index (χ0) is 14.5. The smallest absolute Gasteiger partial charge is 0.241 e. The molecule has 1 atom stereocenters. The zero-order valence-corrected chi connectivity index (χ0v) is 12.5. The van der Waals surface area contributed by atoms with Gasteiger partial charge >= 0.3 is 0 Å². The first-order valence-electron chi connectivity index (χ1n) is 7.54. The molecule has 1 amide bonds. The summed E-state index contributed by atoms with van der Waals surface area (Å²) in [6.07, 6.45) is 4.17. The maximum atomic E-state index is 11.9. The lowest BCUT2D eigenvalue weighted by atomic mass is 10.1. The van der Waals surface area contributed by atoms with E-state index in [1.54, 1.807) is 0 Å². The first kappa shape index (κ1) is 14.9.